The van der Waals surface area contributed by atoms with E-state index >= 15 is 0 Å². The van der Waals surface area contributed by atoms with Crippen molar-refractivity contribution in [1.82, 2.24) is 4.31 Å². The zero-order valence-corrected chi connectivity index (χ0v) is 11.3. The zero-order chi connectivity index (χ0) is 13.1. The molecule has 0 saturated carbocycles. The van der Waals surface area contributed by atoms with Crippen molar-refractivity contribution in [3.8, 4) is 0 Å². The molecule has 5 nitrogen and oxygen atoms in total. The lowest BCUT2D eigenvalue weighted by molar-refractivity contribution is -0.137. The lowest BCUT2D eigenvalue weighted by atomic mass is 10.2. The molecular weight excluding hydrogens is 262 g/mol. The monoisotopic (exact) mass is 277 g/mol. The van der Waals surface area contributed by atoms with E-state index in [4.69, 9.17) is 5.11 Å². The van der Waals surface area contributed by atoms with E-state index < -0.39 is 22.0 Å². The second-order valence-corrected chi connectivity index (χ2v) is 6.65. The van der Waals surface area contributed by atoms with Crippen molar-refractivity contribution in [3.63, 3.8) is 0 Å². The summed E-state index contributed by atoms with van der Waals surface area (Å²) in [6.45, 7) is 3.56. The second-order valence-electron chi connectivity index (χ2n) is 3.59. The molecule has 1 aromatic rings. The molecule has 7 heteroatoms. The number of nitrogens with zero attached hydrogens (tertiary/aromatic N) is 1. The maximum atomic E-state index is 12.2. The molecule has 0 aliphatic heterocycles. The maximum Gasteiger partial charge on any atom is 0.304 e. The molecule has 0 aliphatic carbocycles. The Kier molecular flexibility index (Phi) is 4.67. The molecule has 0 bridgehead atoms. The maximum absolute atomic E-state index is 12.2. The first-order valence-corrected chi connectivity index (χ1v) is 7.48. The molecule has 17 heavy (non-hydrogen) atoms. The predicted octanol–water partition coefficient (Wildman–Crippen LogP) is 1.62. The van der Waals surface area contributed by atoms with Gasteiger partial charge in [-0.05, 0) is 18.4 Å². The highest BCUT2D eigenvalue weighted by atomic mass is 32.2. The summed E-state index contributed by atoms with van der Waals surface area (Å²) in [5.41, 5.74) is 0. The van der Waals surface area contributed by atoms with Gasteiger partial charge in [-0.1, -0.05) is 13.0 Å². The van der Waals surface area contributed by atoms with E-state index in [0.717, 1.165) is 11.3 Å². The van der Waals surface area contributed by atoms with Crippen molar-refractivity contribution < 1.29 is 18.3 Å². The van der Waals surface area contributed by atoms with Gasteiger partial charge in [0.15, 0.2) is 0 Å². The van der Waals surface area contributed by atoms with Crippen LogP contribution in [0.2, 0.25) is 0 Å². The fourth-order valence-corrected chi connectivity index (χ4v) is 4.36. The fourth-order valence-electron chi connectivity index (χ4n) is 1.60. The fraction of sp³-hybridized carbons (Fsp3) is 0.500. The normalized spacial score (nSPS) is 13.8. The number of sulfonamides is 1. The van der Waals surface area contributed by atoms with Crippen molar-refractivity contribution in [3.05, 3.63) is 17.5 Å². The van der Waals surface area contributed by atoms with Gasteiger partial charge in [-0.3, -0.25) is 4.79 Å². The standard InChI is InChI=1S/C10H15NO4S2/c1-3-11(8(2)7-9(12)13)17(14,15)10-5-4-6-16-10/h4-6,8H,3,7H2,1-2H3,(H,12,13). The summed E-state index contributed by atoms with van der Waals surface area (Å²) in [7, 11) is -3.56. The largest absolute Gasteiger partial charge is 0.481 e. The van der Waals surface area contributed by atoms with Crippen LogP contribution in [0.5, 0.6) is 0 Å². The molecule has 1 heterocycles. The average Bonchev–Trinajstić information content (AvgIpc) is 2.69. The first-order chi connectivity index (χ1) is 7.89. The minimum Gasteiger partial charge on any atom is -0.481 e. The van der Waals surface area contributed by atoms with Crippen LogP contribution in [0.25, 0.3) is 0 Å². The molecule has 0 aliphatic rings. The molecule has 96 valence electrons. The van der Waals surface area contributed by atoms with Crippen molar-refractivity contribution in [1.29, 1.82) is 0 Å². The molecular formula is C10H15NO4S2. The summed E-state index contributed by atoms with van der Waals surface area (Å²) in [6.07, 6.45) is -0.196. The van der Waals surface area contributed by atoms with Crippen molar-refractivity contribution in [2.24, 2.45) is 0 Å². The Balaban J connectivity index is 2.98. The van der Waals surface area contributed by atoms with Crippen LogP contribution in [0.3, 0.4) is 0 Å². The molecule has 0 spiro atoms. The Bertz CT molecular complexity index is 467. The van der Waals surface area contributed by atoms with Crippen LogP contribution in [0, 0.1) is 0 Å². The molecule has 0 fully saturated rings. The molecule has 1 rings (SSSR count). The summed E-state index contributed by atoms with van der Waals surface area (Å²) in [5.74, 6) is -1.00. The van der Waals surface area contributed by atoms with E-state index in [1.807, 2.05) is 0 Å². The van der Waals surface area contributed by atoms with E-state index in [1.54, 1.807) is 25.3 Å². The van der Waals surface area contributed by atoms with Gasteiger partial charge in [-0.25, -0.2) is 8.42 Å². The molecule has 1 atom stereocenters. The van der Waals surface area contributed by atoms with Gasteiger partial charge >= 0.3 is 5.97 Å². The summed E-state index contributed by atoms with van der Waals surface area (Å²) in [4.78, 5) is 10.6. The Morgan fingerprint density at radius 3 is 2.65 bits per heavy atom. The first-order valence-electron chi connectivity index (χ1n) is 5.16. The highest BCUT2D eigenvalue weighted by Crippen LogP contribution is 2.23. The van der Waals surface area contributed by atoms with Gasteiger partial charge in [0.1, 0.15) is 4.21 Å². The highest BCUT2D eigenvalue weighted by molar-refractivity contribution is 7.91. The number of hydrogen-bond acceptors (Lipinski definition) is 4. The van der Waals surface area contributed by atoms with Crippen LogP contribution >= 0.6 is 11.3 Å². The molecule has 1 aromatic heterocycles. The van der Waals surface area contributed by atoms with E-state index in [1.165, 1.54) is 10.4 Å². The minimum atomic E-state index is -3.56. The Morgan fingerprint density at radius 1 is 1.59 bits per heavy atom. The predicted molar refractivity (Wildman–Crippen MR) is 65.6 cm³/mol. The van der Waals surface area contributed by atoms with Crippen molar-refractivity contribution in [2.75, 3.05) is 6.54 Å². The van der Waals surface area contributed by atoms with Crippen LogP contribution in [-0.4, -0.2) is 36.4 Å². The van der Waals surface area contributed by atoms with Crippen molar-refractivity contribution in [2.45, 2.75) is 30.5 Å². The van der Waals surface area contributed by atoms with Gasteiger partial charge in [0.25, 0.3) is 10.0 Å². The van der Waals surface area contributed by atoms with Gasteiger partial charge in [-0.15, -0.1) is 11.3 Å². The first kappa shape index (κ1) is 14.1. The SMILES string of the molecule is CCN(C(C)CC(=O)O)S(=O)(=O)c1cccs1. The van der Waals surface area contributed by atoms with Crippen LogP contribution in [0.1, 0.15) is 20.3 Å². The molecule has 1 N–H and O–H groups in total. The molecule has 1 unspecified atom stereocenters. The van der Waals surface area contributed by atoms with Crippen LogP contribution < -0.4 is 0 Å². The number of carbonyl (C=O) groups is 1. The topological polar surface area (TPSA) is 74.7 Å². The third kappa shape index (κ3) is 3.27. The quantitative estimate of drug-likeness (QED) is 0.857. The van der Waals surface area contributed by atoms with E-state index in [9.17, 15) is 13.2 Å². The van der Waals surface area contributed by atoms with Crippen LogP contribution in [0.15, 0.2) is 21.7 Å². The summed E-state index contributed by atoms with van der Waals surface area (Å²) in [6, 6.07) is 2.63. The van der Waals surface area contributed by atoms with Crippen molar-refractivity contribution >= 4 is 27.3 Å². The zero-order valence-electron chi connectivity index (χ0n) is 9.66. The van der Waals surface area contributed by atoms with Crippen LogP contribution in [-0.2, 0) is 14.8 Å². The summed E-state index contributed by atoms with van der Waals surface area (Å²) in [5, 5.41) is 10.4. The van der Waals surface area contributed by atoms with E-state index in [-0.39, 0.29) is 17.2 Å². The lowest BCUT2D eigenvalue weighted by Gasteiger charge is -2.25. The number of carboxylic acids is 1. The number of carboxylic acid groups (broad SMARTS) is 1. The number of rotatable bonds is 6. The van der Waals surface area contributed by atoms with Crippen LogP contribution in [0.4, 0.5) is 0 Å². The minimum absolute atomic E-state index is 0.196. The van der Waals surface area contributed by atoms with Gasteiger partial charge in [-0.2, -0.15) is 4.31 Å². The Hall–Kier alpha value is -0.920. The third-order valence-corrected chi connectivity index (χ3v) is 5.79. The highest BCUT2D eigenvalue weighted by Gasteiger charge is 2.29. The molecule has 0 amide bonds. The van der Waals surface area contributed by atoms with Gasteiger partial charge in [0, 0.05) is 12.6 Å². The lowest BCUT2D eigenvalue weighted by Crippen LogP contribution is -2.39. The molecule has 0 radical (unpaired) electrons. The Labute approximate surface area is 105 Å². The van der Waals surface area contributed by atoms with E-state index in [0.29, 0.717) is 0 Å². The number of hydrogen-bond donors (Lipinski definition) is 1. The number of aliphatic carboxylic acids is 1. The van der Waals surface area contributed by atoms with E-state index in [2.05, 4.69) is 0 Å². The molecule has 0 aromatic carbocycles. The molecule has 0 saturated heterocycles. The number of thiophene rings is 1. The van der Waals surface area contributed by atoms with Gasteiger partial charge in [0.05, 0.1) is 6.42 Å². The second kappa shape index (κ2) is 5.61. The Morgan fingerprint density at radius 2 is 2.24 bits per heavy atom. The smallest absolute Gasteiger partial charge is 0.304 e. The third-order valence-electron chi connectivity index (χ3n) is 2.33. The average molecular weight is 277 g/mol. The summed E-state index contributed by atoms with van der Waals surface area (Å²) < 4.78 is 25.8. The van der Waals surface area contributed by atoms with Gasteiger partial charge in [0.2, 0.25) is 0 Å². The summed E-state index contributed by atoms with van der Waals surface area (Å²) >= 11 is 1.13. The van der Waals surface area contributed by atoms with Gasteiger partial charge < -0.3 is 5.11 Å².